The van der Waals surface area contributed by atoms with Crippen LogP contribution in [0.15, 0.2) is 75.7 Å². The molecule has 12 nitrogen and oxygen atoms in total. The van der Waals surface area contributed by atoms with Crippen LogP contribution in [0.25, 0.3) is 11.3 Å². The molecule has 7 rings (SSSR count). The fraction of sp³-hybridized carbons (Fsp3) is 0.294. The molecule has 2 aromatic heterocycles. The number of amides is 2. The highest BCUT2D eigenvalue weighted by molar-refractivity contribution is 7.14. The number of benzene rings is 2. The summed E-state index contributed by atoms with van der Waals surface area (Å²) in [5.74, 6) is -1.48. The minimum absolute atomic E-state index is 0.0451. The van der Waals surface area contributed by atoms with Crippen molar-refractivity contribution in [2.45, 2.75) is 24.9 Å². The van der Waals surface area contributed by atoms with Crippen molar-refractivity contribution in [1.82, 2.24) is 25.1 Å². The molecule has 2 amide bonds. The number of hydrogen-bond donors (Lipinski definition) is 2. The number of methoxy groups -OCH3 is 1. The lowest BCUT2D eigenvalue weighted by Crippen LogP contribution is -2.53. The Morgan fingerprint density at radius 1 is 1.16 bits per heavy atom. The Labute approximate surface area is 299 Å². The van der Waals surface area contributed by atoms with E-state index in [2.05, 4.69) is 15.2 Å². The summed E-state index contributed by atoms with van der Waals surface area (Å²) < 4.78 is 19.2. The lowest BCUT2D eigenvalue weighted by Gasteiger charge is -2.38. The van der Waals surface area contributed by atoms with E-state index in [0.717, 1.165) is 16.8 Å². The number of amidine groups is 1. The second kappa shape index (κ2) is 14.3. The van der Waals surface area contributed by atoms with Gasteiger partial charge in [-0.2, -0.15) is 0 Å². The van der Waals surface area contributed by atoms with Gasteiger partial charge in [-0.15, -0.1) is 22.7 Å². The maximum Gasteiger partial charge on any atom is 0.338 e. The fourth-order valence-electron chi connectivity index (χ4n) is 6.43. The van der Waals surface area contributed by atoms with Gasteiger partial charge in [0.25, 0.3) is 0 Å². The molecule has 3 aliphatic rings. The van der Waals surface area contributed by atoms with E-state index in [9.17, 15) is 18.8 Å². The summed E-state index contributed by atoms with van der Waals surface area (Å²) in [4.78, 5) is 57.7. The Hall–Kier alpha value is -4.70. The topological polar surface area (TPSA) is 141 Å². The number of esters is 1. The Balaban J connectivity index is 1.11. The van der Waals surface area contributed by atoms with Gasteiger partial charge in [0.15, 0.2) is 16.0 Å². The van der Waals surface area contributed by atoms with Crippen molar-refractivity contribution < 1.29 is 28.6 Å². The number of aromatic nitrogens is 2. The molecule has 2 N–H and O–H groups in total. The van der Waals surface area contributed by atoms with Gasteiger partial charge in [0.1, 0.15) is 11.9 Å². The van der Waals surface area contributed by atoms with Gasteiger partial charge in [-0.25, -0.2) is 23.9 Å². The van der Waals surface area contributed by atoms with Gasteiger partial charge in [-0.3, -0.25) is 19.6 Å². The van der Waals surface area contributed by atoms with E-state index in [1.54, 1.807) is 11.1 Å². The van der Waals surface area contributed by atoms with E-state index in [4.69, 9.17) is 31.4 Å². The van der Waals surface area contributed by atoms with Crippen LogP contribution in [-0.2, 0) is 20.7 Å². The predicted molar refractivity (Wildman–Crippen MR) is 188 cm³/mol. The summed E-state index contributed by atoms with van der Waals surface area (Å²) in [6, 6.07) is 10.5. The van der Waals surface area contributed by atoms with Crippen LogP contribution in [-0.4, -0.2) is 94.6 Å². The largest absolute Gasteiger partial charge is 0.481 e. The number of nitrogens with zero attached hydrogens (tertiary/aromatic N) is 6. The van der Waals surface area contributed by atoms with Crippen LogP contribution < -0.4 is 10.2 Å². The number of carboxylic acids is 1. The van der Waals surface area contributed by atoms with E-state index >= 15 is 0 Å². The number of carbonyl (C=O) groups excluding carboxylic acids is 2. The van der Waals surface area contributed by atoms with Crippen molar-refractivity contribution in [3.63, 3.8) is 0 Å². The summed E-state index contributed by atoms with van der Waals surface area (Å²) in [5.41, 5.74) is 3.77. The van der Waals surface area contributed by atoms with Crippen molar-refractivity contribution in [3.05, 3.63) is 97.7 Å². The number of fused-ring (bicyclic) bond motifs is 1. The summed E-state index contributed by atoms with van der Waals surface area (Å²) in [5, 5.41) is 17.5. The first-order chi connectivity index (χ1) is 24.2. The van der Waals surface area contributed by atoms with E-state index in [1.807, 2.05) is 39.9 Å². The lowest BCUT2D eigenvalue weighted by molar-refractivity contribution is -0.137. The van der Waals surface area contributed by atoms with Crippen LogP contribution in [0, 0.1) is 5.82 Å². The minimum atomic E-state index is -0.868. The number of carboxylic acid groups (broad SMARTS) is 1. The molecule has 4 aromatic rings. The second-order valence-corrected chi connectivity index (χ2v) is 14.1. The second-order valence-electron chi connectivity index (χ2n) is 12.0. The number of piperazine rings is 1. The van der Waals surface area contributed by atoms with Gasteiger partial charge >= 0.3 is 18.0 Å². The minimum Gasteiger partial charge on any atom is -0.481 e. The maximum absolute atomic E-state index is 14.0. The molecule has 2 fully saturated rings. The predicted octanol–water partition coefficient (Wildman–Crippen LogP) is 5.22. The van der Waals surface area contributed by atoms with Gasteiger partial charge in [-0.1, -0.05) is 35.9 Å². The summed E-state index contributed by atoms with van der Waals surface area (Å²) in [6.07, 6.45) is 2.13. The summed E-state index contributed by atoms with van der Waals surface area (Å²) >= 11 is 9.27. The molecule has 0 saturated carbocycles. The highest BCUT2D eigenvalue weighted by Crippen LogP contribution is 2.38. The Morgan fingerprint density at radius 3 is 2.78 bits per heavy atom. The number of urea groups is 1. The molecule has 16 heteroatoms. The highest BCUT2D eigenvalue weighted by atomic mass is 35.5. The van der Waals surface area contributed by atoms with E-state index < -0.39 is 23.8 Å². The maximum atomic E-state index is 14.0. The molecule has 5 heterocycles. The quantitative estimate of drug-likeness (QED) is 0.210. The van der Waals surface area contributed by atoms with Crippen molar-refractivity contribution in [3.8, 4) is 11.3 Å². The van der Waals surface area contributed by atoms with E-state index in [-0.39, 0.29) is 29.1 Å². The molecule has 2 aromatic carbocycles. The molecular formula is C34H31ClFN7O5S2. The van der Waals surface area contributed by atoms with Crippen LogP contribution in [0.2, 0.25) is 5.02 Å². The number of aryl methyl sites for hydroxylation is 1. The van der Waals surface area contributed by atoms with Gasteiger partial charge in [0.2, 0.25) is 0 Å². The van der Waals surface area contributed by atoms with Gasteiger partial charge < -0.3 is 20.1 Å². The molecule has 258 valence electrons. The number of halogens is 2. The lowest BCUT2D eigenvalue weighted by atomic mass is 9.95. The van der Waals surface area contributed by atoms with Crippen molar-refractivity contribution >= 4 is 63.2 Å². The number of aliphatic carboxylic acids is 1. The van der Waals surface area contributed by atoms with Crippen LogP contribution in [0.1, 0.15) is 28.6 Å². The highest BCUT2D eigenvalue weighted by Gasteiger charge is 2.43. The monoisotopic (exact) mass is 735 g/mol. The van der Waals surface area contributed by atoms with Crippen molar-refractivity contribution in [2.75, 3.05) is 44.7 Å². The van der Waals surface area contributed by atoms with Gasteiger partial charge in [0, 0.05) is 71.4 Å². The van der Waals surface area contributed by atoms with Crippen LogP contribution >= 0.6 is 34.3 Å². The van der Waals surface area contributed by atoms with Crippen LogP contribution in [0.3, 0.4) is 0 Å². The fourth-order valence-corrected chi connectivity index (χ4v) is 8.12. The normalized spacial score (nSPS) is 19.3. The van der Waals surface area contributed by atoms with Gasteiger partial charge in [-0.05, 0) is 30.2 Å². The average Bonchev–Trinajstić information content (AvgIpc) is 3.88. The van der Waals surface area contributed by atoms with Crippen molar-refractivity contribution in [1.29, 1.82) is 0 Å². The molecule has 0 aliphatic carbocycles. The molecule has 0 bridgehead atoms. The zero-order valence-corrected chi connectivity index (χ0v) is 29.1. The molecular weight excluding hydrogens is 705 g/mol. The first kappa shape index (κ1) is 33.8. The number of carbonyl (C=O) groups is 3. The van der Waals surface area contributed by atoms with Gasteiger partial charge in [0.05, 0.1) is 31.0 Å². The first-order valence-corrected chi connectivity index (χ1v) is 17.9. The number of aliphatic imine (C=N–C) groups is 1. The summed E-state index contributed by atoms with van der Waals surface area (Å²) in [6.45, 7) is 2.33. The van der Waals surface area contributed by atoms with Crippen LogP contribution in [0.5, 0.6) is 0 Å². The third-order valence-corrected chi connectivity index (χ3v) is 10.8. The number of rotatable bonds is 10. The number of thiazole rings is 2. The smallest absolute Gasteiger partial charge is 0.338 e. The molecule has 2 saturated heterocycles. The molecule has 2 atom stereocenters. The average molecular weight is 736 g/mol. The summed E-state index contributed by atoms with van der Waals surface area (Å²) in [7, 11) is 1.30. The Morgan fingerprint density at radius 2 is 2.02 bits per heavy atom. The molecule has 2 unspecified atom stereocenters. The molecule has 3 aliphatic heterocycles. The third kappa shape index (κ3) is 6.86. The number of ether oxygens (including phenoxy) is 1. The standard InChI is InChI=1S/C34H31ClFN7O5S2/c1-48-32(46)28-25(38-30(31-37-9-12-49-31)40-29(28)23-7-6-21(36)14-24(23)35)17-41-10-11-42-22(15-41)16-43(34(42)47)33-39-26(18-50-33)20-4-2-3-19(13-20)5-8-27(44)45/h2-4,6-7,9,12-14,18,22,29H,5,8,10-11,15-17H2,1H3,(H,38,40)(H,44,45). The Kier molecular flexibility index (Phi) is 9.64. The van der Waals surface area contributed by atoms with Crippen molar-refractivity contribution in [2.24, 2.45) is 4.99 Å². The SMILES string of the molecule is COC(=O)C1=C(CN2CCN3C(=O)N(c4nc(-c5cccc(CCC(=O)O)c5)cs4)CC3C2)NC(c2nccs2)=NC1c1ccc(F)cc1Cl. The number of nitrogens with one attached hydrogen (secondary N) is 1. The first-order valence-electron chi connectivity index (χ1n) is 15.8. The number of anilines is 1. The number of hydrogen-bond acceptors (Lipinski definition) is 11. The van der Waals surface area contributed by atoms with Crippen LogP contribution in [0.4, 0.5) is 14.3 Å². The van der Waals surface area contributed by atoms with E-state index in [1.165, 1.54) is 48.0 Å². The van der Waals surface area contributed by atoms with E-state index in [0.29, 0.717) is 66.4 Å². The third-order valence-electron chi connectivity index (χ3n) is 8.82. The zero-order chi connectivity index (χ0) is 34.9. The Bertz CT molecular complexity index is 2020. The molecule has 0 radical (unpaired) electrons. The molecule has 0 spiro atoms. The zero-order valence-electron chi connectivity index (χ0n) is 26.7. The molecule has 50 heavy (non-hydrogen) atoms.